The second-order valence-corrected chi connectivity index (χ2v) is 16.9. The number of alkyl halides is 3. The smallest absolute Gasteiger partial charge is 0.406 e. The first-order chi connectivity index (χ1) is 33.9. The van der Waals surface area contributed by atoms with Crippen LogP contribution in [0.4, 0.5) is 24.5 Å². The third kappa shape index (κ3) is 15.4. The summed E-state index contributed by atoms with van der Waals surface area (Å²) in [7, 11) is 2.09. The number of nitrogens with one attached hydrogen (secondary N) is 3. The fourth-order valence-corrected chi connectivity index (χ4v) is 8.04. The Morgan fingerprint density at radius 1 is 0.857 bits per heavy atom. The molecule has 1 fully saturated rings. The number of rotatable bonds is 24. The van der Waals surface area contributed by atoms with Crippen molar-refractivity contribution in [2.24, 2.45) is 0 Å². The van der Waals surface area contributed by atoms with Gasteiger partial charge in [0.15, 0.2) is 6.61 Å². The van der Waals surface area contributed by atoms with Crippen LogP contribution in [0.2, 0.25) is 0 Å². The van der Waals surface area contributed by atoms with Gasteiger partial charge in [0, 0.05) is 52.7 Å². The first-order valence-electron chi connectivity index (χ1n) is 23.3. The highest BCUT2D eigenvalue weighted by Gasteiger charge is 2.30. The molecule has 18 heteroatoms. The number of pyridine rings is 1. The van der Waals surface area contributed by atoms with E-state index in [4.69, 9.17) is 28.2 Å². The van der Waals surface area contributed by atoms with Gasteiger partial charge in [0.1, 0.15) is 30.4 Å². The van der Waals surface area contributed by atoms with E-state index in [2.05, 4.69) is 44.9 Å². The highest BCUT2D eigenvalue weighted by Crippen LogP contribution is 2.32. The molecule has 70 heavy (non-hydrogen) atoms. The van der Waals surface area contributed by atoms with Crippen molar-refractivity contribution in [2.75, 3.05) is 96.7 Å². The first-order valence-corrected chi connectivity index (χ1v) is 23.3. The summed E-state index contributed by atoms with van der Waals surface area (Å²) in [5.41, 5.74) is 5.56. The summed E-state index contributed by atoms with van der Waals surface area (Å²) < 4.78 is 77.4. The Hall–Kier alpha value is -6.78. The summed E-state index contributed by atoms with van der Waals surface area (Å²) in [5, 5.41) is 14.3. The topological polar surface area (TPSA) is 156 Å². The Bertz CT molecular complexity index is 2730. The molecule has 4 heterocycles. The third-order valence-electron chi connectivity index (χ3n) is 11.5. The molecule has 0 unspecified atom stereocenters. The minimum atomic E-state index is -4.40. The molecule has 1 aliphatic rings. The van der Waals surface area contributed by atoms with E-state index in [1.54, 1.807) is 47.2 Å². The number of anilines is 2. The number of fused-ring (bicyclic) bond motifs is 1. The number of aromatic nitrogens is 3. The molecule has 0 aliphatic carbocycles. The maximum Gasteiger partial charge on any atom is 0.406 e. The monoisotopic (exact) mass is 967 g/mol. The molecule has 15 nitrogen and oxygen atoms in total. The lowest BCUT2D eigenvalue weighted by molar-refractivity contribution is -0.140. The molecule has 7 rings (SSSR count). The summed E-state index contributed by atoms with van der Waals surface area (Å²) in [5.74, 6) is 7.52. The van der Waals surface area contributed by atoms with E-state index in [0.717, 1.165) is 65.1 Å². The fraction of sp³-hybridized carbons (Fsp3) is 0.404. The van der Waals surface area contributed by atoms with E-state index in [0.29, 0.717) is 87.8 Å². The van der Waals surface area contributed by atoms with E-state index in [9.17, 15) is 22.8 Å². The zero-order valence-electron chi connectivity index (χ0n) is 39.7. The molecule has 1 saturated heterocycles. The van der Waals surface area contributed by atoms with Gasteiger partial charge in [-0.3, -0.25) is 9.59 Å². The number of aryl methyl sites for hydroxylation is 2. The predicted molar refractivity (Wildman–Crippen MR) is 262 cm³/mol. The summed E-state index contributed by atoms with van der Waals surface area (Å²) in [6.45, 7) is 7.72. The van der Waals surface area contributed by atoms with E-state index in [-0.39, 0.29) is 30.7 Å². The predicted octanol–water partition coefficient (Wildman–Crippen LogP) is 7.28. The first kappa shape index (κ1) is 51.1. The lowest BCUT2D eigenvalue weighted by Gasteiger charge is -2.30. The molecule has 3 aromatic carbocycles. The van der Waals surface area contributed by atoms with Crippen LogP contribution in [-0.4, -0.2) is 123 Å². The molecular weight excluding hydrogens is 908 g/mol. The molecule has 0 bridgehead atoms. The molecule has 1 amide bonds. The molecular formula is C52H60F3N7O8. The molecule has 3 N–H and O–H groups in total. The van der Waals surface area contributed by atoms with Crippen LogP contribution >= 0.6 is 0 Å². The number of ether oxygens (including phenoxy) is 5. The molecule has 0 atom stereocenters. The van der Waals surface area contributed by atoms with Crippen LogP contribution in [0.3, 0.4) is 0 Å². The van der Waals surface area contributed by atoms with Crippen LogP contribution < -0.4 is 31.0 Å². The minimum absolute atomic E-state index is 0.149. The number of hydrogen-bond donors (Lipinski definition) is 3. The van der Waals surface area contributed by atoms with E-state index in [1.807, 2.05) is 56.3 Å². The quantitative estimate of drug-likeness (QED) is 0.0413. The largest absolute Gasteiger partial charge is 0.491 e. The molecule has 0 spiro atoms. The van der Waals surface area contributed by atoms with Crippen LogP contribution in [0, 0.1) is 25.7 Å². The summed E-state index contributed by atoms with van der Waals surface area (Å²) >= 11 is 0. The van der Waals surface area contributed by atoms with Crippen molar-refractivity contribution in [3.63, 3.8) is 0 Å². The average Bonchev–Trinajstić information content (AvgIpc) is 3.87. The van der Waals surface area contributed by atoms with Gasteiger partial charge in [0.05, 0.1) is 69.6 Å². The van der Waals surface area contributed by atoms with Crippen LogP contribution in [0.25, 0.3) is 22.0 Å². The van der Waals surface area contributed by atoms with Crippen LogP contribution in [-0.2, 0) is 32.1 Å². The van der Waals surface area contributed by atoms with E-state index in [1.165, 1.54) is 10.6 Å². The summed E-state index contributed by atoms with van der Waals surface area (Å²) in [6.07, 6.45) is -0.678. The maximum absolute atomic E-state index is 13.7. The van der Waals surface area contributed by atoms with Gasteiger partial charge >= 0.3 is 6.18 Å². The number of carbonyl (C=O) groups is 1. The average molecular weight is 968 g/mol. The standard InChI is InChI=1S/C52H60F3N7O8/c1-37-51(38(2)70-59-37)40-12-17-50(64)61(34-40)33-39-7-4-9-45(31-39)69-35-49(63)57-21-24-65-25-26-66-27-28-67-29-30-68-44-15-13-41(14-16-44)56-20-6-8-43-32-46-47(58-42-18-22-60(3)23-19-42)10-5-11-48(46)62(43)36-52(53,54)55/h4-5,7,9-17,31-32,34,42,56,58H,18-30,33,35-36H2,1-3H3,(H,57,63). The number of hydrogen-bond acceptors (Lipinski definition) is 12. The van der Waals surface area contributed by atoms with Gasteiger partial charge in [-0.05, 0) is 119 Å². The lowest BCUT2D eigenvalue weighted by atomic mass is 10.0. The summed E-state index contributed by atoms with van der Waals surface area (Å²) in [4.78, 5) is 27.3. The number of halogens is 3. The number of likely N-dealkylation sites (tertiary alicyclic amines) is 1. The van der Waals surface area contributed by atoms with E-state index < -0.39 is 12.7 Å². The number of nitrogens with zero attached hydrogens (tertiary/aromatic N) is 4. The van der Waals surface area contributed by atoms with Crippen molar-refractivity contribution in [2.45, 2.75) is 52.0 Å². The second-order valence-electron chi connectivity index (χ2n) is 16.9. The van der Waals surface area contributed by atoms with Crippen molar-refractivity contribution in [3.8, 4) is 34.5 Å². The van der Waals surface area contributed by atoms with Crippen molar-refractivity contribution in [3.05, 3.63) is 124 Å². The highest BCUT2D eigenvalue weighted by molar-refractivity contribution is 5.94. The van der Waals surface area contributed by atoms with Gasteiger partial charge < -0.3 is 58.2 Å². The Labute approximate surface area is 405 Å². The van der Waals surface area contributed by atoms with Gasteiger partial charge in [0.25, 0.3) is 11.5 Å². The molecule has 6 aromatic rings. The Morgan fingerprint density at radius 2 is 1.59 bits per heavy atom. The van der Waals surface area contributed by atoms with Crippen LogP contribution in [0.15, 0.2) is 100 Å². The molecule has 0 saturated carbocycles. The van der Waals surface area contributed by atoms with Crippen LogP contribution in [0.5, 0.6) is 11.5 Å². The zero-order valence-corrected chi connectivity index (χ0v) is 39.7. The SMILES string of the molecule is Cc1noc(C)c1-c1ccc(=O)n(Cc2cccc(OCC(=O)NCCOCCOCCOCCOc3ccc(NCC#Cc4cc5c(NC6CCN(C)CC6)cccc5n4CC(F)(F)F)cc3)c2)c1. The molecule has 3 aromatic heterocycles. The highest BCUT2D eigenvalue weighted by atomic mass is 19.4. The summed E-state index contributed by atoms with van der Waals surface area (Å²) in [6, 6.07) is 25.3. The fourth-order valence-electron chi connectivity index (χ4n) is 8.04. The molecule has 1 aliphatic heterocycles. The van der Waals surface area contributed by atoms with Crippen molar-refractivity contribution in [1.29, 1.82) is 0 Å². The maximum atomic E-state index is 13.7. The molecule has 0 radical (unpaired) electrons. The Kier molecular flexibility index (Phi) is 18.4. The van der Waals surface area contributed by atoms with Crippen LogP contribution in [0.1, 0.15) is 35.6 Å². The Morgan fingerprint density at radius 3 is 2.31 bits per heavy atom. The van der Waals surface area contributed by atoms with Gasteiger partial charge in [-0.1, -0.05) is 29.3 Å². The van der Waals surface area contributed by atoms with Crippen molar-refractivity contribution >= 4 is 28.2 Å². The third-order valence-corrected chi connectivity index (χ3v) is 11.5. The number of carbonyl (C=O) groups excluding carboxylic acids is 1. The second kappa shape index (κ2) is 25.2. The molecule has 372 valence electrons. The van der Waals surface area contributed by atoms with Gasteiger partial charge in [0.2, 0.25) is 0 Å². The van der Waals surface area contributed by atoms with Crippen molar-refractivity contribution < 1.29 is 46.2 Å². The number of amides is 1. The lowest BCUT2D eigenvalue weighted by Crippen LogP contribution is -2.36. The van der Waals surface area contributed by atoms with Gasteiger partial charge in [-0.25, -0.2) is 0 Å². The minimum Gasteiger partial charge on any atom is -0.491 e. The zero-order chi connectivity index (χ0) is 49.3. The van der Waals surface area contributed by atoms with E-state index >= 15 is 0 Å². The van der Waals surface area contributed by atoms with Gasteiger partial charge in [-0.2, -0.15) is 13.2 Å². The van der Waals surface area contributed by atoms with Gasteiger partial charge in [-0.15, -0.1) is 0 Å². The normalized spacial score (nSPS) is 13.2. The number of benzene rings is 3. The number of piperidine rings is 1. The Balaban J connectivity index is 0.713. The van der Waals surface area contributed by atoms with Crippen molar-refractivity contribution in [1.82, 2.24) is 24.5 Å².